The predicted octanol–water partition coefficient (Wildman–Crippen LogP) is 1.80. The van der Waals surface area contributed by atoms with Crippen LogP contribution < -0.4 is 0 Å². The van der Waals surface area contributed by atoms with E-state index in [1.807, 2.05) is 0 Å². The molecule has 0 aliphatic carbocycles. The van der Waals surface area contributed by atoms with Crippen molar-refractivity contribution < 1.29 is 15.3 Å². The summed E-state index contributed by atoms with van der Waals surface area (Å²) in [6.45, 7) is 0.955. The van der Waals surface area contributed by atoms with Crippen molar-refractivity contribution in [2.75, 3.05) is 19.8 Å². The number of rotatable bonds is 12. The molecule has 0 fully saturated rings. The van der Waals surface area contributed by atoms with E-state index in [-0.39, 0.29) is 0 Å². The van der Waals surface area contributed by atoms with Gasteiger partial charge in [-0.2, -0.15) is 0 Å². The molecule has 3 N–H and O–H groups in total. The second-order valence-corrected chi connectivity index (χ2v) is 10.6. The van der Waals surface area contributed by atoms with Crippen LogP contribution in [0.5, 0.6) is 0 Å². The molecule has 16 heavy (non-hydrogen) atoms. The van der Waals surface area contributed by atoms with Gasteiger partial charge in [0.2, 0.25) is 0 Å². The van der Waals surface area contributed by atoms with E-state index in [2.05, 4.69) is 0 Å². The Bertz CT molecular complexity index is 110. The molecule has 0 atom stereocenters. The van der Waals surface area contributed by atoms with Gasteiger partial charge < -0.3 is 0 Å². The van der Waals surface area contributed by atoms with E-state index in [4.69, 9.17) is 15.3 Å². The van der Waals surface area contributed by atoms with Gasteiger partial charge in [0.25, 0.3) is 0 Å². The zero-order valence-corrected chi connectivity index (χ0v) is 12.4. The number of hydrogen-bond acceptors (Lipinski definition) is 3. The fraction of sp³-hybridized carbons (Fsp3) is 1.00. The van der Waals surface area contributed by atoms with Gasteiger partial charge in [-0.3, -0.25) is 0 Å². The van der Waals surface area contributed by atoms with E-state index in [1.165, 1.54) is 35.0 Å². The average Bonchev–Trinajstić information content (AvgIpc) is 2.29. The molecule has 0 aromatic heterocycles. The maximum atomic E-state index is 8.76. The van der Waals surface area contributed by atoms with Gasteiger partial charge in [0, 0.05) is 0 Å². The molecule has 4 heteroatoms. The van der Waals surface area contributed by atoms with Crippen LogP contribution in [0.2, 0.25) is 15.8 Å². The molecule has 0 aromatic carbocycles. The Labute approximate surface area is 104 Å². The van der Waals surface area contributed by atoms with Gasteiger partial charge >= 0.3 is 104 Å². The van der Waals surface area contributed by atoms with Gasteiger partial charge in [-0.1, -0.05) is 0 Å². The molecular weight excluding hydrogens is 265 g/mol. The average molecular weight is 292 g/mol. The summed E-state index contributed by atoms with van der Waals surface area (Å²) in [6, 6.07) is 0. The van der Waals surface area contributed by atoms with Crippen LogP contribution in [-0.4, -0.2) is 49.5 Å². The number of aliphatic hydroxyl groups excluding tert-OH is 3. The summed E-state index contributed by atoms with van der Waals surface area (Å²) < 4.78 is 0. The van der Waals surface area contributed by atoms with Crippen molar-refractivity contribution in [1.29, 1.82) is 0 Å². The van der Waals surface area contributed by atoms with Crippen LogP contribution in [0.4, 0.5) is 0 Å². The Balaban J connectivity index is 3.58. The number of hydrogen-bond donors (Lipinski definition) is 3. The standard InChI is InChI=1S/C12H27GeO3/c14-10-4-1-7-13(8-2-5-11-15)9-3-6-12-16/h14-16H,1-12H2. The van der Waals surface area contributed by atoms with E-state index >= 15 is 0 Å². The number of unbranched alkanes of at least 4 members (excludes halogenated alkanes) is 3. The SMILES string of the molecule is OCCC[CH2][Ge]([CH2]CCCO)[CH2]CCCO. The molecule has 0 unspecified atom stereocenters. The van der Waals surface area contributed by atoms with E-state index in [0.717, 1.165) is 19.3 Å². The topological polar surface area (TPSA) is 60.7 Å². The van der Waals surface area contributed by atoms with Crippen LogP contribution in [0.1, 0.15) is 38.5 Å². The van der Waals surface area contributed by atoms with Crippen LogP contribution >= 0.6 is 0 Å². The van der Waals surface area contributed by atoms with Crippen LogP contribution in [0.15, 0.2) is 0 Å². The molecule has 0 aliphatic heterocycles. The minimum atomic E-state index is -0.937. The molecule has 1 radical (unpaired) electrons. The fourth-order valence-electron chi connectivity index (χ4n) is 1.84. The minimum absolute atomic E-state index is 0.318. The van der Waals surface area contributed by atoms with Gasteiger partial charge in [0.05, 0.1) is 0 Å². The fourth-order valence-corrected chi connectivity index (χ4v) is 8.13. The molecule has 0 bridgehead atoms. The third-order valence-corrected chi connectivity index (χ3v) is 9.49. The van der Waals surface area contributed by atoms with Crippen LogP contribution in [0.25, 0.3) is 0 Å². The zero-order chi connectivity index (χ0) is 12.1. The molecule has 0 aromatic rings. The Kier molecular flexibility index (Phi) is 13.8. The Morgan fingerprint density at radius 1 is 0.500 bits per heavy atom. The third-order valence-electron chi connectivity index (χ3n) is 2.82. The Hall–Kier alpha value is 0.423. The zero-order valence-electron chi connectivity index (χ0n) is 10.3. The molecule has 0 saturated heterocycles. The van der Waals surface area contributed by atoms with Crippen molar-refractivity contribution in [2.45, 2.75) is 54.3 Å². The normalized spacial score (nSPS) is 11.2. The van der Waals surface area contributed by atoms with E-state index in [9.17, 15) is 0 Å². The summed E-state index contributed by atoms with van der Waals surface area (Å²) in [7, 11) is 0. The predicted molar refractivity (Wildman–Crippen MR) is 69.1 cm³/mol. The Morgan fingerprint density at radius 2 is 0.812 bits per heavy atom. The molecule has 0 spiro atoms. The van der Waals surface area contributed by atoms with Crippen molar-refractivity contribution in [2.24, 2.45) is 0 Å². The van der Waals surface area contributed by atoms with Crippen LogP contribution in [-0.2, 0) is 0 Å². The third kappa shape index (κ3) is 10.9. The van der Waals surface area contributed by atoms with E-state index < -0.39 is 14.3 Å². The summed E-state index contributed by atoms with van der Waals surface area (Å²) in [5, 5.41) is 30.3. The van der Waals surface area contributed by atoms with Gasteiger partial charge in [0.1, 0.15) is 0 Å². The van der Waals surface area contributed by atoms with Gasteiger partial charge in [-0.25, -0.2) is 0 Å². The summed E-state index contributed by atoms with van der Waals surface area (Å²) in [5.41, 5.74) is 0. The summed E-state index contributed by atoms with van der Waals surface area (Å²) >= 11 is -0.937. The van der Waals surface area contributed by atoms with Crippen LogP contribution in [0.3, 0.4) is 0 Å². The molecule has 0 rings (SSSR count). The van der Waals surface area contributed by atoms with E-state index in [1.54, 1.807) is 0 Å². The molecular formula is C12H27GeO3. The molecule has 0 saturated carbocycles. The van der Waals surface area contributed by atoms with Gasteiger partial charge in [-0.15, -0.1) is 0 Å². The van der Waals surface area contributed by atoms with Crippen molar-refractivity contribution in [3.05, 3.63) is 0 Å². The second-order valence-electron chi connectivity index (χ2n) is 4.29. The molecule has 0 amide bonds. The van der Waals surface area contributed by atoms with Gasteiger partial charge in [0.15, 0.2) is 0 Å². The Morgan fingerprint density at radius 3 is 1.06 bits per heavy atom. The molecule has 0 aliphatic rings. The first-order valence-corrected chi connectivity index (χ1v) is 11.0. The summed E-state index contributed by atoms with van der Waals surface area (Å²) in [6.07, 6.45) is 6.34. The quantitative estimate of drug-likeness (QED) is 0.380. The molecule has 0 heterocycles. The maximum absolute atomic E-state index is 8.76. The molecule has 3 nitrogen and oxygen atoms in total. The van der Waals surface area contributed by atoms with Crippen molar-refractivity contribution in [3.8, 4) is 0 Å². The van der Waals surface area contributed by atoms with Crippen molar-refractivity contribution >= 4 is 14.3 Å². The monoisotopic (exact) mass is 293 g/mol. The summed E-state index contributed by atoms with van der Waals surface area (Å²) in [4.78, 5) is 0. The van der Waals surface area contributed by atoms with Crippen molar-refractivity contribution in [3.63, 3.8) is 0 Å². The van der Waals surface area contributed by atoms with Crippen LogP contribution in [0, 0.1) is 0 Å². The van der Waals surface area contributed by atoms with Gasteiger partial charge in [-0.05, 0) is 0 Å². The number of aliphatic hydroxyl groups is 3. The first-order valence-electron chi connectivity index (χ1n) is 6.51. The second kappa shape index (κ2) is 13.5. The van der Waals surface area contributed by atoms with E-state index in [0.29, 0.717) is 19.8 Å². The molecule has 97 valence electrons. The summed E-state index contributed by atoms with van der Waals surface area (Å²) in [5.74, 6) is 0. The van der Waals surface area contributed by atoms with Crippen molar-refractivity contribution in [1.82, 2.24) is 0 Å². The first-order chi connectivity index (χ1) is 7.85. The first kappa shape index (κ1) is 16.4.